The fraction of sp³-hybridized carbons (Fsp3) is 0. The van der Waals surface area contributed by atoms with Crippen LogP contribution in [0.5, 0.6) is 0 Å². The van der Waals surface area contributed by atoms with E-state index in [-0.39, 0.29) is 11.3 Å². The predicted molar refractivity (Wildman–Crippen MR) is 204 cm³/mol. The lowest BCUT2D eigenvalue weighted by Gasteiger charge is -2.26. The molecule has 3 nitrogen and oxygen atoms in total. The smallest absolute Gasteiger partial charge is 0.143 e. The van der Waals surface area contributed by atoms with Gasteiger partial charge in [0.2, 0.25) is 0 Å². The maximum Gasteiger partial charge on any atom is 0.143 e. The van der Waals surface area contributed by atoms with Gasteiger partial charge in [-0.15, -0.1) is 0 Å². The summed E-state index contributed by atoms with van der Waals surface area (Å²) in [6, 6.07) is 20.1. The molecular weight excluding hydrogens is 599 g/mol. The van der Waals surface area contributed by atoms with Crippen LogP contribution in [0.3, 0.4) is 0 Å². The van der Waals surface area contributed by atoms with E-state index < -0.39 is 101 Å². The highest BCUT2D eigenvalue weighted by Crippen LogP contribution is 2.45. The van der Waals surface area contributed by atoms with Crippen molar-refractivity contribution in [2.24, 2.45) is 0 Å². The number of fused-ring (bicyclic) bond motifs is 8. The summed E-state index contributed by atoms with van der Waals surface area (Å²) in [5.41, 5.74) is 0.164. The van der Waals surface area contributed by atoms with Gasteiger partial charge in [0.25, 0.3) is 0 Å². The average Bonchev–Trinajstić information content (AvgIpc) is 3.87. The van der Waals surface area contributed by atoms with E-state index in [0.717, 1.165) is 16.2 Å². The number of hydrogen-bond acceptors (Lipinski definition) is 3. The zero-order chi connectivity index (χ0) is 43.6. The summed E-state index contributed by atoms with van der Waals surface area (Å²) >= 11 is 0. The van der Waals surface area contributed by atoms with E-state index in [1.807, 2.05) is 60.7 Å². The Morgan fingerprint density at radius 1 is 0.429 bits per heavy atom. The van der Waals surface area contributed by atoms with E-state index in [2.05, 4.69) is 0 Å². The minimum atomic E-state index is -0.761. The van der Waals surface area contributed by atoms with Gasteiger partial charge in [-0.25, -0.2) is 0 Å². The number of furan rings is 2. The van der Waals surface area contributed by atoms with Crippen LogP contribution in [0.4, 0.5) is 17.1 Å². The number of nitrogens with zero attached hydrogens (tertiary/aromatic N) is 1. The maximum absolute atomic E-state index is 9.65. The molecule has 0 spiro atoms. The van der Waals surface area contributed by atoms with Crippen molar-refractivity contribution in [2.45, 2.75) is 0 Å². The maximum atomic E-state index is 9.65. The Morgan fingerprint density at radius 3 is 1.88 bits per heavy atom. The van der Waals surface area contributed by atoms with Gasteiger partial charge in [0.1, 0.15) is 22.3 Å². The van der Waals surface area contributed by atoms with Crippen LogP contribution >= 0.6 is 0 Å². The molecule has 0 saturated carbocycles. The quantitative estimate of drug-likeness (QED) is 0.187. The number of rotatable bonds is 5. The summed E-state index contributed by atoms with van der Waals surface area (Å²) in [4.78, 5) is 1.17. The number of benzene rings is 8. The second-order valence-electron chi connectivity index (χ2n) is 11.5. The molecule has 0 unspecified atom stereocenters. The molecular formula is C46H29NO2. The van der Waals surface area contributed by atoms with Crippen molar-refractivity contribution < 1.29 is 26.7 Å². The van der Waals surface area contributed by atoms with E-state index in [1.54, 1.807) is 36.4 Å². The van der Waals surface area contributed by atoms with Crippen molar-refractivity contribution in [3.8, 4) is 22.3 Å². The summed E-state index contributed by atoms with van der Waals surface area (Å²) in [6.45, 7) is 0. The molecule has 3 heteroatoms. The fourth-order valence-corrected chi connectivity index (χ4v) is 6.49. The highest BCUT2D eigenvalue weighted by atomic mass is 16.3. The van der Waals surface area contributed by atoms with E-state index >= 15 is 0 Å². The average molecular weight is 641 g/mol. The summed E-state index contributed by atoms with van der Waals surface area (Å²) < 4.78 is 130. The van der Waals surface area contributed by atoms with E-state index in [1.165, 1.54) is 4.90 Å². The first kappa shape index (κ1) is 17.5. The van der Waals surface area contributed by atoms with Crippen LogP contribution in [0.15, 0.2) is 184 Å². The molecule has 230 valence electrons. The molecule has 0 amide bonds. The monoisotopic (exact) mass is 640 g/mol. The van der Waals surface area contributed by atoms with Gasteiger partial charge in [-0.2, -0.15) is 0 Å². The van der Waals surface area contributed by atoms with Crippen LogP contribution in [0.1, 0.15) is 17.8 Å². The van der Waals surface area contributed by atoms with Crippen LogP contribution in [-0.4, -0.2) is 0 Å². The third-order valence-electron chi connectivity index (χ3n) is 8.70. The van der Waals surface area contributed by atoms with Gasteiger partial charge in [-0.1, -0.05) is 127 Å². The van der Waals surface area contributed by atoms with Gasteiger partial charge in [-0.3, -0.25) is 0 Å². The lowest BCUT2D eigenvalue weighted by molar-refractivity contribution is 0.670. The Labute approximate surface area is 301 Å². The Kier molecular flexibility index (Phi) is 3.94. The molecule has 0 saturated heterocycles. The predicted octanol–water partition coefficient (Wildman–Crippen LogP) is 13.4. The van der Waals surface area contributed by atoms with Gasteiger partial charge in [-0.05, 0) is 70.5 Å². The molecule has 10 aromatic rings. The SMILES string of the molecule is [2H]c1c([2H])c([2H])c(-c2c([2H])c([2H])c(N(c3c([2H])c([2H])c(-c4cccc5c4oc4ccccc45)c([2H])c3[2H])c3cccc4oc5c6ccccc6ccc5c34)c([2H])c2[2H])c([2H])c1[2H]. The fourth-order valence-electron chi connectivity index (χ4n) is 6.49. The Morgan fingerprint density at radius 2 is 1.06 bits per heavy atom. The van der Waals surface area contributed by atoms with Crippen molar-refractivity contribution in [1.29, 1.82) is 0 Å². The molecule has 0 bridgehead atoms. The zero-order valence-corrected chi connectivity index (χ0v) is 25.5. The lowest BCUT2D eigenvalue weighted by Crippen LogP contribution is -2.10. The summed E-state index contributed by atoms with van der Waals surface area (Å²) in [7, 11) is 0. The second-order valence-corrected chi connectivity index (χ2v) is 11.5. The summed E-state index contributed by atoms with van der Waals surface area (Å²) in [6.07, 6.45) is 0. The first-order chi connectivity index (χ1) is 29.7. The first-order valence-electron chi connectivity index (χ1n) is 22.0. The van der Waals surface area contributed by atoms with Gasteiger partial charge >= 0.3 is 0 Å². The molecule has 0 N–H and O–H groups in total. The number of para-hydroxylation sites is 2. The number of hydrogen-bond donors (Lipinski definition) is 0. The summed E-state index contributed by atoms with van der Waals surface area (Å²) in [5, 5.41) is 4.15. The molecule has 8 aromatic carbocycles. The molecule has 0 aliphatic carbocycles. The Balaban J connectivity index is 1.31. The van der Waals surface area contributed by atoms with Crippen LogP contribution in [-0.2, 0) is 0 Å². The lowest BCUT2D eigenvalue weighted by atomic mass is 10.0. The van der Waals surface area contributed by atoms with Crippen molar-refractivity contribution in [3.05, 3.63) is 176 Å². The van der Waals surface area contributed by atoms with Gasteiger partial charge in [0.15, 0.2) is 0 Å². The molecule has 2 aromatic heterocycles. The minimum absolute atomic E-state index is 0.0668. The van der Waals surface area contributed by atoms with Crippen molar-refractivity contribution in [2.75, 3.05) is 4.90 Å². The van der Waals surface area contributed by atoms with Crippen LogP contribution < -0.4 is 4.90 Å². The molecule has 10 rings (SSSR count). The topological polar surface area (TPSA) is 29.5 Å². The van der Waals surface area contributed by atoms with Gasteiger partial charge < -0.3 is 13.7 Å². The Hall–Kier alpha value is -6.58. The molecule has 0 aliphatic heterocycles. The van der Waals surface area contributed by atoms with Gasteiger partial charge in [0, 0.05) is 38.5 Å². The largest absolute Gasteiger partial charge is 0.455 e. The second kappa shape index (κ2) is 11.0. The molecule has 2 heterocycles. The van der Waals surface area contributed by atoms with Crippen LogP contribution in [0.25, 0.3) is 76.9 Å². The number of anilines is 3. The molecule has 49 heavy (non-hydrogen) atoms. The minimum Gasteiger partial charge on any atom is -0.455 e. The third kappa shape index (κ3) is 4.44. The summed E-state index contributed by atoms with van der Waals surface area (Å²) in [5.74, 6) is 0. The molecule has 0 atom stereocenters. The molecule has 0 aliphatic rings. The van der Waals surface area contributed by atoms with Crippen molar-refractivity contribution >= 4 is 71.7 Å². The highest BCUT2D eigenvalue weighted by molar-refractivity contribution is 6.19. The van der Waals surface area contributed by atoms with Crippen molar-refractivity contribution in [1.82, 2.24) is 0 Å². The van der Waals surface area contributed by atoms with Gasteiger partial charge in [0.05, 0.1) is 28.9 Å². The van der Waals surface area contributed by atoms with Crippen LogP contribution in [0, 0.1) is 0 Å². The van der Waals surface area contributed by atoms with Crippen molar-refractivity contribution in [3.63, 3.8) is 0 Å². The normalized spacial score (nSPS) is 15.4. The van der Waals surface area contributed by atoms with E-state index in [9.17, 15) is 11.0 Å². The zero-order valence-electron chi connectivity index (χ0n) is 38.5. The molecule has 0 radical (unpaired) electrons. The van der Waals surface area contributed by atoms with E-state index in [0.29, 0.717) is 44.1 Å². The highest BCUT2D eigenvalue weighted by Gasteiger charge is 2.21. The van der Waals surface area contributed by atoms with E-state index in [4.69, 9.17) is 15.7 Å². The Bertz CT molecular complexity index is 3510. The van der Waals surface area contributed by atoms with Crippen LogP contribution in [0.2, 0.25) is 0 Å². The third-order valence-corrected chi connectivity index (χ3v) is 8.70. The molecule has 0 fully saturated rings. The standard InChI is InChI=1S/C46H29NO2/c1-2-10-30(11-3-1)31-20-25-34(26-21-31)47(41-17-9-19-43-44(41)40-29-24-32-12-4-5-13-36(32)46(40)49-43)35-27-22-33(23-28-35)37-15-8-16-39-38-14-6-7-18-42(38)48-45(37)39/h1-29H/i1D,2D,3D,10D,11D,20D,21D,22D,23D,25D,26D,27D,28D. The first-order valence-corrected chi connectivity index (χ1v) is 15.5.